The maximum atomic E-state index is 12.2. The van der Waals surface area contributed by atoms with E-state index in [1.165, 1.54) is 0 Å². The third kappa shape index (κ3) is 4.10. The van der Waals surface area contributed by atoms with E-state index < -0.39 is 0 Å². The minimum atomic E-state index is -0.108. The number of hydrogen-bond donors (Lipinski definition) is 1. The summed E-state index contributed by atoms with van der Waals surface area (Å²) in [7, 11) is 0. The fraction of sp³-hybridized carbons (Fsp3) is 0.0455. The van der Waals surface area contributed by atoms with Gasteiger partial charge in [0.1, 0.15) is 5.01 Å². The van der Waals surface area contributed by atoms with Crippen LogP contribution in [0.4, 0.5) is 0 Å². The number of carbonyl (C=O) groups is 1. The molecule has 5 heteroatoms. The first kappa shape index (κ1) is 17.1. The lowest BCUT2D eigenvalue weighted by Gasteiger charge is -2.06. The van der Waals surface area contributed by atoms with Gasteiger partial charge >= 0.3 is 0 Å². The van der Waals surface area contributed by atoms with Gasteiger partial charge in [-0.25, -0.2) is 4.98 Å². The molecule has 27 heavy (non-hydrogen) atoms. The summed E-state index contributed by atoms with van der Waals surface area (Å²) in [5.41, 5.74) is 4.78. The van der Waals surface area contributed by atoms with Crippen molar-refractivity contribution in [3.8, 4) is 21.8 Å². The Bertz CT molecular complexity index is 1050. The van der Waals surface area contributed by atoms with Crippen LogP contribution in [0.1, 0.15) is 15.9 Å². The topological polar surface area (TPSA) is 54.9 Å². The molecule has 2 heterocycles. The largest absolute Gasteiger partial charge is 0.348 e. The molecule has 4 rings (SSSR count). The monoisotopic (exact) mass is 371 g/mol. The number of benzene rings is 2. The van der Waals surface area contributed by atoms with Crippen molar-refractivity contribution in [1.82, 2.24) is 15.3 Å². The average Bonchev–Trinajstić information content (AvgIpc) is 3.24. The molecule has 0 aliphatic carbocycles. The summed E-state index contributed by atoms with van der Waals surface area (Å²) in [4.78, 5) is 20.9. The molecule has 132 valence electrons. The molecular weight excluding hydrogens is 354 g/mol. The van der Waals surface area contributed by atoms with Gasteiger partial charge in [0.25, 0.3) is 5.91 Å². The molecule has 0 radical (unpaired) electrons. The van der Waals surface area contributed by atoms with Crippen LogP contribution in [0.25, 0.3) is 21.8 Å². The van der Waals surface area contributed by atoms with Crippen molar-refractivity contribution in [2.75, 3.05) is 0 Å². The minimum Gasteiger partial charge on any atom is -0.348 e. The molecule has 0 atom stereocenters. The lowest BCUT2D eigenvalue weighted by molar-refractivity contribution is 0.0951. The second-order valence-electron chi connectivity index (χ2n) is 6.02. The zero-order valence-corrected chi connectivity index (χ0v) is 15.3. The van der Waals surface area contributed by atoms with E-state index in [1.54, 1.807) is 35.9 Å². The Balaban J connectivity index is 1.48. The summed E-state index contributed by atoms with van der Waals surface area (Å²) in [6, 6.07) is 21.7. The van der Waals surface area contributed by atoms with Crippen LogP contribution in [0.5, 0.6) is 0 Å². The highest BCUT2D eigenvalue weighted by molar-refractivity contribution is 7.13. The van der Waals surface area contributed by atoms with E-state index in [9.17, 15) is 4.79 Å². The second-order valence-corrected chi connectivity index (χ2v) is 6.88. The van der Waals surface area contributed by atoms with Crippen molar-refractivity contribution in [1.29, 1.82) is 0 Å². The summed E-state index contributed by atoms with van der Waals surface area (Å²) in [6.07, 6.45) is 3.23. The van der Waals surface area contributed by atoms with Crippen LogP contribution in [-0.2, 0) is 6.54 Å². The van der Waals surface area contributed by atoms with Crippen LogP contribution in [0, 0.1) is 0 Å². The smallest absolute Gasteiger partial charge is 0.251 e. The van der Waals surface area contributed by atoms with E-state index in [2.05, 4.69) is 33.9 Å². The third-order valence-corrected chi connectivity index (χ3v) is 5.03. The Morgan fingerprint density at radius 3 is 2.52 bits per heavy atom. The molecule has 2 aromatic carbocycles. The van der Waals surface area contributed by atoms with Gasteiger partial charge in [-0.1, -0.05) is 48.5 Å². The maximum absolute atomic E-state index is 12.2. The fourth-order valence-electron chi connectivity index (χ4n) is 2.75. The van der Waals surface area contributed by atoms with Crippen molar-refractivity contribution in [3.05, 3.63) is 95.6 Å². The van der Waals surface area contributed by atoms with Gasteiger partial charge in [0.05, 0.1) is 5.69 Å². The van der Waals surface area contributed by atoms with Gasteiger partial charge in [-0.3, -0.25) is 9.78 Å². The highest BCUT2D eigenvalue weighted by Gasteiger charge is 2.08. The fourth-order valence-corrected chi connectivity index (χ4v) is 3.58. The number of aromatic nitrogens is 2. The van der Waals surface area contributed by atoms with E-state index in [1.807, 2.05) is 36.4 Å². The van der Waals surface area contributed by atoms with Gasteiger partial charge in [0, 0.05) is 41.0 Å². The standard InChI is InChI=1S/C22H17N3OS/c26-21(18-9-11-23-12-10-18)24-14-16-5-4-8-19(13-16)22-25-20(15-27-22)17-6-2-1-3-7-17/h1-13,15H,14H2,(H,24,26). The second kappa shape index (κ2) is 7.93. The maximum Gasteiger partial charge on any atom is 0.251 e. The normalized spacial score (nSPS) is 10.5. The highest BCUT2D eigenvalue weighted by atomic mass is 32.1. The number of nitrogens with one attached hydrogen (secondary N) is 1. The molecule has 0 aliphatic rings. The van der Waals surface area contributed by atoms with E-state index in [4.69, 9.17) is 4.98 Å². The van der Waals surface area contributed by atoms with Crippen molar-refractivity contribution in [2.45, 2.75) is 6.54 Å². The first-order chi connectivity index (χ1) is 13.3. The van der Waals surface area contributed by atoms with E-state index >= 15 is 0 Å². The zero-order valence-electron chi connectivity index (χ0n) is 14.5. The van der Waals surface area contributed by atoms with Gasteiger partial charge in [0.2, 0.25) is 0 Å². The Hall–Kier alpha value is -3.31. The third-order valence-electron chi connectivity index (χ3n) is 4.14. The van der Waals surface area contributed by atoms with Crippen molar-refractivity contribution in [2.24, 2.45) is 0 Å². The highest BCUT2D eigenvalue weighted by Crippen LogP contribution is 2.29. The van der Waals surface area contributed by atoms with Crippen LogP contribution in [-0.4, -0.2) is 15.9 Å². The number of nitrogens with zero attached hydrogens (tertiary/aromatic N) is 2. The predicted molar refractivity (Wildman–Crippen MR) is 108 cm³/mol. The Kier molecular flexibility index (Phi) is 5.03. The molecule has 0 aliphatic heterocycles. The predicted octanol–water partition coefficient (Wildman–Crippen LogP) is 4.80. The van der Waals surface area contributed by atoms with Crippen LogP contribution < -0.4 is 5.32 Å². The lowest BCUT2D eigenvalue weighted by atomic mass is 10.1. The SMILES string of the molecule is O=C(NCc1cccc(-c2nc(-c3ccccc3)cs2)c1)c1ccncc1. The molecular formula is C22H17N3OS. The summed E-state index contributed by atoms with van der Waals surface area (Å²) in [6.45, 7) is 0.464. The molecule has 0 fully saturated rings. The summed E-state index contributed by atoms with van der Waals surface area (Å²) in [5, 5.41) is 5.98. The van der Waals surface area contributed by atoms with Gasteiger partial charge in [-0.05, 0) is 23.8 Å². The molecule has 0 saturated carbocycles. The summed E-state index contributed by atoms with van der Waals surface area (Å²) < 4.78 is 0. The van der Waals surface area contributed by atoms with Crippen LogP contribution >= 0.6 is 11.3 Å². The van der Waals surface area contributed by atoms with Crippen LogP contribution in [0.15, 0.2) is 84.5 Å². The molecule has 1 N–H and O–H groups in total. The van der Waals surface area contributed by atoms with Gasteiger partial charge in [-0.2, -0.15) is 0 Å². The number of carbonyl (C=O) groups excluding carboxylic acids is 1. The minimum absolute atomic E-state index is 0.108. The summed E-state index contributed by atoms with van der Waals surface area (Å²) >= 11 is 1.62. The molecule has 0 bridgehead atoms. The Morgan fingerprint density at radius 2 is 1.70 bits per heavy atom. The van der Waals surface area contributed by atoms with E-state index in [0.717, 1.165) is 27.4 Å². The average molecular weight is 371 g/mol. The van der Waals surface area contributed by atoms with Gasteiger partial charge < -0.3 is 5.32 Å². The van der Waals surface area contributed by atoms with Crippen molar-refractivity contribution < 1.29 is 4.79 Å². The zero-order chi connectivity index (χ0) is 18.5. The number of thiazole rings is 1. The first-order valence-electron chi connectivity index (χ1n) is 8.58. The van der Waals surface area contributed by atoms with Crippen molar-refractivity contribution >= 4 is 17.2 Å². The van der Waals surface area contributed by atoms with Crippen LogP contribution in [0.3, 0.4) is 0 Å². The van der Waals surface area contributed by atoms with Gasteiger partial charge in [-0.15, -0.1) is 11.3 Å². The molecule has 4 aromatic rings. The first-order valence-corrected chi connectivity index (χ1v) is 9.46. The molecule has 4 nitrogen and oxygen atoms in total. The van der Waals surface area contributed by atoms with Crippen LogP contribution in [0.2, 0.25) is 0 Å². The van der Waals surface area contributed by atoms with Crippen molar-refractivity contribution in [3.63, 3.8) is 0 Å². The Labute approximate surface area is 161 Å². The molecule has 2 aromatic heterocycles. The quantitative estimate of drug-likeness (QED) is 0.548. The summed E-state index contributed by atoms with van der Waals surface area (Å²) in [5.74, 6) is -0.108. The number of pyridine rings is 1. The molecule has 0 saturated heterocycles. The lowest BCUT2D eigenvalue weighted by Crippen LogP contribution is -2.22. The van der Waals surface area contributed by atoms with E-state index in [0.29, 0.717) is 12.1 Å². The number of rotatable bonds is 5. The van der Waals surface area contributed by atoms with E-state index in [-0.39, 0.29) is 5.91 Å². The number of amides is 1. The molecule has 0 spiro atoms. The molecule has 1 amide bonds. The molecule has 0 unspecified atom stereocenters. The Morgan fingerprint density at radius 1 is 0.926 bits per heavy atom. The number of hydrogen-bond acceptors (Lipinski definition) is 4. The van der Waals surface area contributed by atoms with Gasteiger partial charge in [0.15, 0.2) is 0 Å².